The summed E-state index contributed by atoms with van der Waals surface area (Å²) in [5, 5.41) is 18.8. The average Bonchev–Trinajstić information content (AvgIpc) is 3.70. The molecular weight excluding hydrogens is 620 g/mol. The Bertz CT molecular complexity index is 1370. The number of benzene rings is 1. The van der Waals surface area contributed by atoms with Crippen LogP contribution in [0.25, 0.3) is 11.0 Å². The van der Waals surface area contributed by atoms with Crippen molar-refractivity contribution in [3.63, 3.8) is 0 Å². The summed E-state index contributed by atoms with van der Waals surface area (Å²) in [6, 6.07) is 6.14. The number of aliphatic hydroxyl groups excluding tert-OH is 1. The Morgan fingerprint density at radius 1 is 1.21 bits per heavy atom. The first-order valence-electron chi connectivity index (χ1n) is 14.6. The van der Waals surface area contributed by atoms with Crippen molar-refractivity contribution in [2.45, 2.75) is 66.7 Å². The largest absolute Gasteiger partial charge is 0.394 e. The molecule has 1 aromatic heterocycles. The van der Waals surface area contributed by atoms with Gasteiger partial charge in [-0.05, 0) is 31.4 Å². The lowest BCUT2D eigenvalue weighted by atomic mass is 9.70. The van der Waals surface area contributed by atoms with Crippen molar-refractivity contribution in [2.75, 3.05) is 26.2 Å². The van der Waals surface area contributed by atoms with Gasteiger partial charge in [-0.15, -0.1) is 30.0 Å². The number of likely N-dealkylation sites (tertiary alicyclic amines) is 1. The molecule has 5 rings (SSSR count). The molecule has 3 aliphatic heterocycles. The van der Waals surface area contributed by atoms with Gasteiger partial charge in [-0.2, -0.15) is 0 Å². The predicted octanol–water partition coefficient (Wildman–Crippen LogP) is 3.06. The van der Waals surface area contributed by atoms with E-state index in [1.54, 1.807) is 43.3 Å². The van der Waals surface area contributed by atoms with Gasteiger partial charge < -0.3 is 19.8 Å². The van der Waals surface area contributed by atoms with E-state index in [1.165, 1.54) is 0 Å². The van der Waals surface area contributed by atoms with E-state index in [-0.39, 0.29) is 47.6 Å². The summed E-state index contributed by atoms with van der Waals surface area (Å²) in [6.45, 7) is 12.7. The molecule has 3 unspecified atom stereocenters. The summed E-state index contributed by atoms with van der Waals surface area (Å²) in [5.41, 5.74) is 1.51. The van der Waals surface area contributed by atoms with Gasteiger partial charge in [0.25, 0.3) is 0 Å². The molecule has 3 fully saturated rings. The van der Waals surface area contributed by atoms with Crippen LogP contribution in [0.3, 0.4) is 0 Å². The Morgan fingerprint density at radius 3 is 2.60 bits per heavy atom. The van der Waals surface area contributed by atoms with Crippen LogP contribution >= 0.6 is 27.7 Å². The number of hydrogen-bond acceptors (Lipinski definition) is 7. The molecule has 12 heteroatoms. The first-order chi connectivity index (χ1) is 20.3. The topological polar surface area (TPSA) is 112 Å². The number of rotatable bonds is 13. The molecule has 2 aromatic rings. The number of carbonyl (C=O) groups is 3. The van der Waals surface area contributed by atoms with Crippen LogP contribution in [0.4, 0.5) is 0 Å². The normalized spacial score (nSPS) is 28.6. The van der Waals surface area contributed by atoms with E-state index >= 15 is 0 Å². The fraction of sp³-hybridized carbons (Fsp3) is 0.567. The van der Waals surface area contributed by atoms with Crippen molar-refractivity contribution in [1.82, 2.24) is 29.7 Å². The summed E-state index contributed by atoms with van der Waals surface area (Å²) in [6.07, 6.45) is 5.21. The molecule has 3 saturated heterocycles. The van der Waals surface area contributed by atoms with Gasteiger partial charge in [-0.3, -0.25) is 14.4 Å². The van der Waals surface area contributed by atoms with E-state index in [1.807, 2.05) is 38.1 Å². The molecule has 3 aliphatic rings. The highest BCUT2D eigenvalue weighted by Crippen LogP contribution is 2.68. The number of aromatic nitrogens is 3. The third-order valence-corrected chi connectivity index (χ3v) is 12.1. The molecule has 0 radical (unpaired) electrons. The lowest BCUT2D eigenvalue weighted by Gasteiger charge is -2.39. The van der Waals surface area contributed by atoms with Crippen molar-refractivity contribution in [3.05, 3.63) is 49.6 Å². The number of fused-ring (bicyclic) bond motifs is 2. The second kappa shape index (κ2) is 12.5. The maximum Gasteiger partial charge on any atom is 0.248 e. The fourth-order valence-corrected chi connectivity index (χ4v) is 10.7. The molecule has 42 heavy (non-hydrogen) atoms. The highest BCUT2D eigenvalue weighted by molar-refractivity contribution is 9.09. The number of aliphatic hydroxyl groups is 1. The minimum atomic E-state index is -0.853. The lowest BCUT2D eigenvalue weighted by Crippen LogP contribution is -2.58. The fourth-order valence-electron chi connectivity index (χ4n) is 7.09. The number of amides is 3. The molecule has 3 amide bonds. The van der Waals surface area contributed by atoms with Crippen LogP contribution in [0.1, 0.15) is 33.1 Å². The van der Waals surface area contributed by atoms with Gasteiger partial charge >= 0.3 is 0 Å². The number of halogens is 1. The molecule has 1 aromatic carbocycles. The highest BCUT2D eigenvalue weighted by atomic mass is 79.9. The van der Waals surface area contributed by atoms with Gasteiger partial charge in [0.15, 0.2) is 0 Å². The van der Waals surface area contributed by atoms with Gasteiger partial charge in [-0.1, -0.05) is 59.3 Å². The lowest BCUT2D eigenvalue weighted by molar-refractivity contribution is -0.147. The molecule has 10 nitrogen and oxygen atoms in total. The van der Waals surface area contributed by atoms with Crippen LogP contribution in [0.15, 0.2) is 49.6 Å². The molecule has 0 aliphatic carbocycles. The van der Waals surface area contributed by atoms with Crippen molar-refractivity contribution in [3.8, 4) is 0 Å². The van der Waals surface area contributed by atoms with E-state index in [2.05, 4.69) is 39.4 Å². The third-order valence-electron chi connectivity index (χ3n) is 8.86. The van der Waals surface area contributed by atoms with Crippen molar-refractivity contribution in [1.29, 1.82) is 0 Å². The minimum Gasteiger partial charge on any atom is -0.394 e. The Kier molecular flexibility index (Phi) is 9.15. The Hall–Kier alpha value is -2.70. The first-order valence-corrected chi connectivity index (χ1v) is 16.4. The van der Waals surface area contributed by atoms with Gasteiger partial charge in [0.05, 0.1) is 34.7 Å². The zero-order chi connectivity index (χ0) is 30.2. The van der Waals surface area contributed by atoms with Crippen molar-refractivity contribution >= 4 is 56.4 Å². The van der Waals surface area contributed by atoms with E-state index in [4.69, 9.17) is 0 Å². The van der Waals surface area contributed by atoms with E-state index in [0.717, 1.165) is 17.5 Å². The predicted molar refractivity (Wildman–Crippen MR) is 167 cm³/mol. The number of thioether (sulfide) groups is 1. The van der Waals surface area contributed by atoms with Crippen LogP contribution in [0.5, 0.6) is 0 Å². The minimum absolute atomic E-state index is 0.0377. The van der Waals surface area contributed by atoms with Crippen LogP contribution < -0.4 is 0 Å². The van der Waals surface area contributed by atoms with E-state index < -0.39 is 28.7 Å². The monoisotopic (exact) mass is 658 g/mol. The molecular formula is C30H39BrN6O4S. The molecule has 7 atom stereocenters. The maximum atomic E-state index is 14.7. The van der Waals surface area contributed by atoms with Crippen LogP contribution in [0, 0.1) is 11.8 Å². The van der Waals surface area contributed by atoms with Gasteiger partial charge in [0, 0.05) is 29.7 Å². The van der Waals surface area contributed by atoms with Crippen molar-refractivity contribution < 1.29 is 19.5 Å². The van der Waals surface area contributed by atoms with E-state index in [0.29, 0.717) is 25.9 Å². The summed E-state index contributed by atoms with van der Waals surface area (Å²) in [4.78, 5) is 48.3. The van der Waals surface area contributed by atoms with Gasteiger partial charge in [-0.25, -0.2) is 4.68 Å². The number of para-hydroxylation sites is 1. The second-order valence-electron chi connectivity index (χ2n) is 11.3. The van der Waals surface area contributed by atoms with E-state index in [9.17, 15) is 19.5 Å². The average molecular weight is 660 g/mol. The van der Waals surface area contributed by atoms with Crippen LogP contribution in [-0.4, -0.2) is 106 Å². The summed E-state index contributed by atoms with van der Waals surface area (Å²) >= 11 is 5.44. The molecule has 1 spiro atoms. The summed E-state index contributed by atoms with van der Waals surface area (Å²) < 4.78 is 0.860. The molecule has 0 saturated carbocycles. The van der Waals surface area contributed by atoms with Crippen molar-refractivity contribution in [2.24, 2.45) is 11.8 Å². The number of nitrogens with zero attached hydrogens (tertiary/aromatic N) is 6. The SMILES string of the molecule is C=CCN(Cn1nnc2ccccc21)C(=O)C1N([C@@H](CC)CO)C(=O)[C@@H]2[C@H](C(=O)N(CC=C)CCC)[C@H]3SC12CC3Br. The first kappa shape index (κ1) is 30.7. The highest BCUT2D eigenvalue weighted by Gasteiger charge is 2.76. The number of carbonyl (C=O) groups excluding carboxylic acids is 3. The van der Waals surface area contributed by atoms with Crippen LogP contribution in [-0.2, 0) is 21.1 Å². The molecule has 1 N–H and O–H groups in total. The van der Waals surface area contributed by atoms with Gasteiger partial charge in [0.1, 0.15) is 18.2 Å². The van der Waals surface area contributed by atoms with Crippen LogP contribution in [0.2, 0.25) is 0 Å². The summed E-state index contributed by atoms with van der Waals surface area (Å²) in [5.74, 6) is -1.77. The molecule has 4 heterocycles. The molecule has 2 bridgehead atoms. The zero-order valence-corrected chi connectivity index (χ0v) is 26.5. The summed E-state index contributed by atoms with van der Waals surface area (Å²) in [7, 11) is 0. The Morgan fingerprint density at radius 2 is 1.93 bits per heavy atom. The Balaban J connectivity index is 1.57. The zero-order valence-electron chi connectivity index (χ0n) is 24.1. The number of hydrogen-bond donors (Lipinski definition) is 1. The Labute approximate surface area is 259 Å². The second-order valence-corrected chi connectivity index (χ2v) is 14.0. The quantitative estimate of drug-likeness (QED) is 0.260. The third kappa shape index (κ3) is 4.89. The smallest absolute Gasteiger partial charge is 0.248 e. The van der Waals surface area contributed by atoms with Gasteiger partial charge in [0.2, 0.25) is 17.7 Å². The number of alkyl halides is 1. The maximum absolute atomic E-state index is 14.7. The standard InChI is InChI=1S/C30H39BrN6O4S/c1-5-13-34(14-6-2)27(39)23-24-28(40)37(19(8-4)17-38)26(30(24)16-20(31)25(23)42-30)29(41)35(15-7-3)18-36-22-12-10-9-11-21(22)32-33-36/h5,7,9-12,19-20,23-26,38H,1,3,6,8,13-18H2,2,4H3/t19-,20?,23-,24-,25-,26?,30?/m0/s1. The molecule has 226 valence electrons.